The lowest BCUT2D eigenvalue weighted by atomic mass is 10.0. The summed E-state index contributed by atoms with van der Waals surface area (Å²) in [6, 6.07) is 8.89. The van der Waals surface area contributed by atoms with Crippen molar-refractivity contribution in [2.45, 2.75) is 37.3 Å². The van der Waals surface area contributed by atoms with Crippen molar-refractivity contribution in [1.29, 1.82) is 0 Å². The second-order valence-corrected chi connectivity index (χ2v) is 6.73. The predicted molar refractivity (Wildman–Crippen MR) is 76.9 cm³/mol. The molecule has 1 aromatic carbocycles. The molecule has 0 unspecified atom stereocenters. The lowest BCUT2D eigenvalue weighted by Gasteiger charge is -2.06. The number of aromatic nitrogens is 1. The van der Waals surface area contributed by atoms with Crippen LogP contribution in [-0.2, 0) is 5.75 Å². The number of thiazole rings is 1. The van der Waals surface area contributed by atoms with Crippen LogP contribution in [0.15, 0.2) is 35.4 Å². The summed E-state index contributed by atoms with van der Waals surface area (Å²) >= 11 is 3.66. The van der Waals surface area contributed by atoms with Crippen molar-refractivity contribution >= 4 is 23.1 Å². The van der Waals surface area contributed by atoms with E-state index in [4.69, 9.17) is 0 Å². The molecule has 17 heavy (non-hydrogen) atoms. The Bertz CT molecular complexity index is 471. The molecule has 1 aromatic heterocycles. The maximum atomic E-state index is 4.27. The normalized spacial score (nSPS) is 11.1. The van der Waals surface area contributed by atoms with E-state index in [1.165, 1.54) is 15.3 Å². The fourth-order valence-corrected chi connectivity index (χ4v) is 3.29. The van der Waals surface area contributed by atoms with Crippen LogP contribution in [0.1, 0.15) is 35.2 Å². The fraction of sp³-hybridized carbons (Fsp3) is 0.357. The Balaban J connectivity index is 1.95. The van der Waals surface area contributed by atoms with Crippen molar-refractivity contribution in [2.24, 2.45) is 0 Å². The van der Waals surface area contributed by atoms with E-state index in [0.717, 1.165) is 10.8 Å². The van der Waals surface area contributed by atoms with Gasteiger partial charge in [-0.05, 0) is 30.5 Å². The van der Waals surface area contributed by atoms with Gasteiger partial charge in [-0.3, -0.25) is 0 Å². The van der Waals surface area contributed by atoms with Gasteiger partial charge in [-0.2, -0.15) is 0 Å². The van der Waals surface area contributed by atoms with Gasteiger partial charge < -0.3 is 0 Å². The summed E-state index contributed by atoms with van der Waals surface area (Å²) in [7, 11) is 0. The highest BCUT2D eigenvalue weighted by Crippen LogP contribution is 2.26. The van der Waals surface area contributed by atoms with Crippen LogP contribution in [0, 0.1) is 6.92 Å². The highest BCUT2D eigenvalue weighted by molar-refractivity contribution is 7.98. The Labute approximate surface area is 111 Å². The van der Waals surface area contributed by atoms with Crippen LogP contribution in [0.3, 0.4) is 0 Å². The van der Waals surface area contributed by atoms with Gasteiger partial charge in [0.2, 0.25) is 0 Å². The van der Waals surface area contributed by atoms with Crippen molar-refractivity contribution < 1.29 is 0 Å². The third kappa shape index (κ3) is 3.58. The summed E-state index contributed by atoms with van der Waals surface area (Å²) < 4.78 is 0. The summed E-state index contributed by atoms with van der Waals surface area (Å²) in [5.74, 6) is 1.63. The summed E-state index contributed by atoms with van der Waals surface area (Å²) in [5.41, 5.74) is 1.41. The van der Waals surface area contributed by atoms with Crippen LogP contribution in [0.4, 0.5) is 0 Å². The van der Waals surface area contributed by atoms with Gasteiger partial charge in [0.05, 0.1) is 5.01 Å². The first-order valence-electron chi connectivity index (χ1n) is 5.79. The molecule has 0 bridgehead atoms. The van der Waals surface area contributed by atoms with Gasteiger partial charge in [0, 0.05) is 21.7 Å². The van der Waals surface area contributed by atoms with Crippen LogP contribution >= 0.6 is 23.1 Å². The SMILES string of the molecule is Cc1ncc(CSc2ccc(C(C)C)cc2)s1. The molecule has 0 saturated carbocycles. The van der Waals surface area contributed by atoms with Gasteiger partial charge in [0.15, 0.2) is 0 Å². The first-order chi connectivity index (χ1) is 8.15. The van der Waals surface area contributed by atoms with E-state index in [0.29, 0.717) is 5.92 Å². The zero-order valence-electron chi connectivity index (χ0n) is 10.4. The molecule has 0 aliphatic carbocycles. The topological polar surface area (TPSA) is 12.9 Å². The molecule has 0 aliphatic heterocycles. The summed E-state index contributed by atoms with van der Waals surface area (Å²) in [6.45, 7) is 6.50. The first kappa shape index (κ1) is 12.7. The van der Waals surface area contributed by atoms with Crippen molar-refractivity contribution in [1.82, 2.24) is 4.98 Å². The highest BCUT2D eigenvalue weighted by atomic mass is 32.2. The quantitative estimate of drug-likeness (QED) is 0.730. The van der Waals surface area contributed by atoms with E-state index in [9.17, 15) is 0 Å². The Hall–Kier alpha value is -0.800. The van der Waals surface area contributed by atoms with E-state index in [2.05, 4.69) is 50.0 Å². The number of hydrogen-bond donors (Lipinski definition) is 0. The second kappa shape index (κ2) is 5.69. The number of hydrogen-bond acceptors (Lipinski definition) is 3. The number of benzene rings is 1. The molecule has 2 aromatic rings. The molecule has 0 radical (unpaired) electrons. The maximum absolute atomic E-state index is 4.27. The molecule has 0 aliphatic rings. The lowest BCUT2D eigenvalue weighted by molar-refractivity contribution is 0.865. The van der Waals surface area contributed by atoms with Gasteiger partial charge in [0.1, 0.15) is 0 Å². The average molecular weight is 263 g/mol. The van der Waals surface area contributed by atoms with E-state index >= 15 is 0 Å². The van der Waals surface area contributed by atoms with E-state index in [1.807, 2.05) is 18.0 Å². The van der Waals surface area contributed by atoms with Gasteiger partial charge in [-0.25, -0.2) is 4.98 Å². The number of aryl methyl sites for hydroxylation is 1. The van der Waals surface area contributed by atoms with E-state index in [1.54, 1.807) is 11.3 Å². The molecule has 0 spiro atoms. The number of thioether (sulfide) groups is 1. The third-order valence-electron chi connectivity index (χ3n) is 2.60. The Kier molecular flexibility index (Phi) is 4.24. The molecule has 0 atom stereocenters. The van der Waals surface area contributed by atoms with E-state index in [-0.39, 0.29) is 0 Å². The predicted octanol–water partition coefficient (Wildman–Crippen LogP) is 4.87. The fourth-order valence-electron chi connectivity index (χ4n) is 1.58. The van der Waals surface area contributed by atoms with Gasteiger partial charge in [-0.1, -0.05) is 26.0 Å². The monoisotopic (exact) mass is 263 g/mol. The third-order valence-corrected chi connectivity index (χ3v) is 4.75. The second-order valence-electron chi connectivity index (χ2n) is 4.36. The molecule has 2 rings (SSSR count). The van der Waals surface area contributed by atoms with Crippen molar-refractivity contribution in [3.63, 3.8) is 0 Å². The van der Waals surface area contributed by atoms with Gasteiger partial charge in [0.25, 0.3) is 0 Å². The van der Waals surface area contributed by atoms with Crippen LogP contribution in [0.5, 0.6) is 0 Å². The number of rotatable bonds is 4. The summed E-state index contributed by atoms with van der Waals surface area (Å²) in [6.07, 6.45) is 1.98. The zero-order chi connectivity index (χ0) is 12.3. The standard InChI is InChI=1S/C14H17NS2/c1-10(2)12-4-6-13(7-5-12)16-9-14-8-15-11(3)17-14/h4-8,10H,9H2,1-3H3. The van der Waals surface area contributed by atoms with Crippen molar-refractivity contribution in [3.05, 3.63) is 45.9 Å². The smallest absolute Gasteiger partial charge is 0.0897 e. The highest BCUT2D eigenvalue weighted by Gasteiger charge is 2.01. The van der Waals surface area contributed by atoms with Gasteiger partial charge in [-0.15, -0.1) is 23.1 Å². The molecular formula is C14H17NS2. The minimum atomic E-state index is 0.609. The minimum absolute atomic E-state index is 0.609. The Morgan fingerprint density at radius 1 is 1.24 bits per heavy atom. The molecule has 0 amide bonds. The first-order valence-corrected chi connectivity index (χ1v) is 7.59. The lowest BCUT2D eigenvalue weighted by Crippen LogP contribution is -1.85. The van der Waals surface area contributed by atoms with E-state index < -0.39 is 0 Å². The molecule has 3 heteroatoms. The van der Waals surface area contributed by atoms with Crippen LogP contribution in [-0.4, -0.2) is 4.98 Å². The van der Waals surface area contributed by atoms with Crippen LogP contribution < -0.4 is 0 Å². The molecular weight excluding hydrogens is 246 g/mol. The molecule has 0 saturated heterocycles. The molecule has 90 valence electrons. The molecule has 0 N–H and O–H groups in total. The molecule has 1 nitrogen and oxygen atoms in total. The zero-order valence-corrected chi connectivity index (χ0v) is 12.1. The number of nitrogens with zero attached hydrogens (tertiary/aromatic N) is 1. The Morgan fingerprint density at radius 2 is 1.94 bits per heavy atom. The average Bonchev–Trinajstić information content (AvgIpc) is 2.73. The minimum Gasteiger partial charge on any atom is -0.250 e. The summed E-state index contributed by atoms with van der Waals surface area (Å²) in [4.78, 5) is 6.95. The van der Waals surface area contributed by atoms with Crippen molar-refractivity contribution in [2.75, 3.05) is 0 Å². The summed E-state index contributed by atoms with van der Waals surface area (Å²) in [5, 5.41) is 1.15. The van der Waals surface area contributed by atoms with Gasteiger partial charge >= 0.3 is 0 Å². The maximum Gasteiger partial charge on any atom is 0.0897 e. The Morgan fingerprint density at radius 3 is 2.47 bits per heavy atom. The van der Waals surface area contributed by atoms with Crippen molar-refractivity contribution in [3.8, 4) is 0 Å². The molecule has 1 heterocycles. The van der Waals surface area contributed by atoms with Crippen LogP contribution in [0.25, 0.3) is 0 Å². The largest absolute Gasteiger partial charge is 0.250 e. The van der Waals surface area contributed by atoms with Crippen LogP contribution in [0.2, 0.25) is 0 Å². The molecule has 0 fully saturated rings.